The Morgan fingerprint density at radius 2 is 1.64 bits per heavy atom. The number of halogens is 1. The summed E-state index contributed by atoms with van der Waals surface area (Å²) in [6, 6.07) is 19.2. The molecule has 2 N–H and O–H groups in total. The Morgan fingerprint density at radius 1 is 0.879 bits per heavy atom. The molecule has 0 spiro atoms. The Bertz CT molecular complexity index is 1100. The molecule has 0 fully saturated rings. The van der Waals surface area contributed by atoms with Gasteiger partial charge in [0, 0.05) is 11.3 Å². The van der Waals surface area contributed by atoms with Gasteiger partial charge in [-0.15, -0.1) is 0 Å². The number of anilines is 2. The summed E-state index contributed by atoms with van der Waals surface area (Å²) in [5.74, 6) is 0.777. The van der Waals surface area contributed by atoms with Gasteiger partial charge in [0.05, 0.1) is 28.9 Å². The maximum Gasteiger partial charge on any atom is 0.257 e. The number of rotatable bonds is 10. The Labute approximate surface area is 202 Å². The molecule has 33 heavy (non-hydrogen) atoms. The molecule has 0 aliphatic carbocycles. The minimum absolute atomic E-state index is 0.322. The van der Waals surface area contributed by atoms with Crippen molar-refractivity contribution in [3.63, 3.8) is 0 Å². The number of carbonyl (C=O) groups excluding carboxylic acids is 2. The standard InChI is InChI=1S/C26H27BrN2O4/c1-3-5-16-33-24-15-10-18(17-22(24)27)25(30)29-23-9-7-6-8-21(23)26(31)28-19-11-13-20(14-12-19)32-4-2/h6-15,17H,3-5,16H2,1-2H3,(H,28,31)(H,29,30). The molecule has 0 bridgehead atoms. The quantitative estimate of drug-likeness (QED) is 0.304. The smallest absolute Gasteiger partial charge is 0.257 e. The van der Waals surface area contributed by atoms with Crippen LogP contribution in [0.15, 0.2) is 71.2 Å². The molecule has 3 rings (SSSR count). The first-order chi connectivity index (χ1) is 16.0. The van der Waals surface area contributed by atoms with E-state index in [2.05, 4.69) is 33.5 Å². The molecule has 0 saturated heterocycles. The first-order valence-corrected chi connectivity index (χ1v) is 11.7. The third-order valence-corrected chi connectivity index (χ3v) is 5.41. The van der Waals surface area contributed by atoms with Gasteiger partial charge in [0.15, 0.2) is 0 Å². The number of hydrogen-bond donors (Lipinski definition) is 2. The van der Waals surface area contributed by atoms with Crippen LogP contribution in [0, 0.1) is 0 Å². The van der Waals surface area contributed by atoms with E-state index < -0.39 is 0 Å². The highest BCUT2D eigenvalue weighted by Crippen LogP contribution is 2.27. The predicted octanol–water partition coefficient (Wildman–Crippen LogP) is 6.53. The van der Waals surface area contributed by atoms with Gasteiger partial charge in [0.2, 0.25) is 0 Å². The topological polar surface area (TPSA) is 76.7 Å². The largest absolute Gasteiger partial charge is 0.494 e. The lowest BCUT2D eigenvalue weighted by Crippen LogP contribution is -2.18. The van der Waals surface area contributed by atoms with Crippen LogP contribution in [0.3, 0.4) is 0 Å². The molecule has 172 valence electrons. The van der Waals surface area contributed by atoms with Crippen molar-refractivity contribution in [2.75, 3.05) is 23.8 Å². The minimum atomic E-state index is -0.323. The van der Waals surface area contributed by atoms with Crippen LogP contribution in [0.2, 0.25) is 0 Å². The molecule has 0 saturated carbocycles. The molecule has 0 atom stereocenters. The molecule has 0 aromatic heterocycles. The van der Waals surface area contributed by atoms with Crippen molar-refractivity contribution >= 4 is 39.1 Å². The molecule has 2 amide bonds. The van der Waals surface area contributed by atoms with Crippen LogP contribution < -0.4 is 20.1 Å². The van der Waals surface area contributed by atoms with Gasteiger partial charge in [-0.25, -0.2) is 0 Å². The van der Waals surface area contributed by atoms with E-state index in [1.165, 1.54) is 0 Å². The number of nitrogens with one attached hydrogen (secondary N) is 2. The van der Waals surface area contributed by atoms with E-state index >= 15 is 0 Å². The summed E-state index contributed by atoms with van der Waals surface area (Å²) in [7, 11) is 0. The number of benzene rings is 3. The highest BCUT2D eigenvalue weighted by molar-refractivity contribution is 9.10. The molecule has 0 aliphatic rings. The van der Waals surface area contributed by atoms with Crippen molar-refractivity contribution in [2.24, 2.45) is 0 Å². The molecule has 6 nitrogen and oxygen atoms in total. The monoisotopic (exact) mass is 510 g/mol. The van der Waals surface area contributed by atoms with E-state index in [0.717, 1.165) is 18.6 Å². The van der Waals surface area contributed by atoms with Crippen molar-refractivity contribution in [3.8, 4) is 11.5 Å². The first-order valence-electron chi connectivity index (χ1n) is 10.9. The zero-order valence-electron chi connectivity index (χ0n) is 18.7. The summed E-state index contributed by atoms with van der Waals surface area (Å²) in [5, 5.41) is 5.69. The second-order valence-electron chi connectivity index (χ2n) is 7.26. The average Bonchev–Trinajstić information content (AvgIpc) is 2.82. The molecular formula is C26H27BrN2O4. The number of ether oxygens (including phenoxy) is 2. The number of hydrogen-bond acceptors (Lipinski definition) is 4. The van der Waals surface area contributed by atoms with Gasteiger partial charge in [-0.2, -0.15) is 0 Å². The van der Waals surface area contributed by atoms with Crippen molar-refractivity contribution in [1.29, 1.82) is 0 Å². The van der Waals surface area contributed by atoms with E-state index in [9.17, 15) is 9.59 Å². The van der Waals surface area contributed by atoms with E-state index in [4.69, 9.17) is 9.47 Å². The molecule has 0 unspecified atom stereocenters. The number of para-hydroxylation sites is 1. The molecule has 3 aromatic rings. The van der Waals surface area contributed by atoms with Crippen LogP contribution in [0.4, 0.5) is 11.4 Å². The van der Waals surface area contributed by atoms with E-state index in [0.29, 0.717) is 45.9 Å². The summed E-state index contributed by atoms with van der Waals surface area (Å²) in [6.45, 7) is 5.21. The summed E-state index contributed by atoms with van der Waals surface area (Å²) >= 11 is 3.46. The average molecular weight is 511 g/mol. The SMILES string of the molecule is CCCCOc1ccc(C(=O)Nc2ccccc2C(=O)Nc2ccc(OCC)cc2)cc1Br. The first kappa shape index (κ1) is 24.3. The van der Waals surface area contributed by atoms with Gasteiger partial charge in [-0.3, -0.25) is 9.59 Å². The fraction of sp³-hybridized carbons (Fsp3) is 0.231. The minimum Gasteiger partial charge on any atom is -0.494 e. The van der Waals surface area contributed by atoms with Gasteiger partial charge < -0.3 is 20.1 Å². The van der Waals surface area contributed by atoms with Crippen molar-refractivity contribution in [1.82, 2.24) is 0 Å². The lowest BCUT2D eigenvalue weighted by Gasteiger charge is -2.13. The maximum absolute atomic E-state index is 12.9. The fourth-order valence-electron chi connectivity index (χ4n) is 3.07. The maximum atomic E-state index is 12.9. The Hall–Kier alpha value is -3.32. The van der Waals surface area contributed by atoms with Crippen molar-refractivity contribution in [2.45, 2.75) is 26.7 Å². The van der Waals surface area contributed by atoms with Gasteiger partial charge >= 0.3 is 0 Å². The Kier molecular flexibility index (Phi) is 8.89. The number of amides is 2. The summed E-state index contributed by atoms with van der Waals surface area (Å²) in [5.41, 5.74) is 1.86. The van der Waals surface area contributed by atoms with Crippen LogP contribution in [0.25, 0.3) is 0 Å². The Balaban J connectivity index is 1.70. The third kappa shape index (κ3) is 6.83. The zero-order valence-corrected chi connectivity index (χ0v) is 20.3. The number of unbranched alkanes of at least 4 members (excludes halogenated alkanes) is 1. The lowest BCUT2D eigenvalue weighted by molar-refractivity contribution is 0.102. The predicted molar refractivity (Wildman–Crippen MR) is 135 cm³/mol. The van der Waals surface area contributed by atoms with Crippen LogP contribution in [-0.4, -0.2) is 25.0 Å². The fourth-order valence-corrected chi connectivity index (χ4v) is 3.56. The van der Waals surface area contributed by atoms with Gasteiger partial charge in [0.1, 0.15) is 11.5 Å². The summed E-state index contributed by atoms with van der Waals surface area (Å²) < 4.78 is 11.8. The lowest BCUT2D eigenvalue weighted by atomic mass is 10.1. The molecule has 3 aromatic carbocycles. The highest BCUT2D eigenvalue weighted by Gasteiger charge is 2.15. The molecule has 7 heteroatoms. The molecule has 0 radical (unpaired) electrons. The van der Waals surface area contributed by atoms with E-state index in [1.54, 1.807) is 66.7 Å². The second-order valence-corrected chi connectivity index (χ2v) is 8.11. The number of carbonyl (C=O) groups is 2. The van der Waals surface area contributed by atoms with Crippen LogP contribution in [0.1, 0.15) is 47.4 Å². The molecule has 0 aliphatic heterocycles. The van der Waals surface area contributed by atoms with Crippen molar-refractivity contribution < 1.29 is 19.1 Å². The van der Waals surface area contributed by atoms with Gasteiger partial charge in [0.25, 0.3) is 11.8 Å². The zero-order chi connectivity index (χ0) is 23.6. The van der Waals surface area contributed by atoms with Crippen LogP contribution in [-0.2, 0) is 0 Å². The van der Waals surface area contributed by atoms with Crippen LogP contribution >= 0.6 is 15.9 Å². The van der Waals surface area contributed by atoms with E-state index in [-0.39, 0.29) is 11.8 Å². The van der Waals surface area contributed by atoms with E-state index in [1.807, 2.05) is 6.92 Å². The van der Waals surface area contributed by atoms with Crippen LogP contribution in [0.5, 0.6) is 11.5 Å². The summed E-state index contributed by atoms with van der Waals surface area (Å²) in [4.78, 5) is 25.7. The third-order valence-electron chi connectivity index (χ3n) is 4.79. The second kappa shape index (κ2) is 12.1. The molecular weight excluding hydrogens is 484 g/mol. The molecule has 0 heterocycles. The highest BCUT2D eigenvalue weighted by atomic mass is 79.9. The van der Waals surface area contributed by atoms with Gasteiger partial charge in [-0.05, 0) is 83.9 Å². The van der Waals surface area contributed by atoms with Crippen molar-refractivity contribution in [3.05, 3.63) is 82.3 Å². The summed E-state index contributed by atoms with van der Waals surface area (Å²) in [6.07, 6.45) is 2.01. The normalized spacial score (nSPS) is 10.4. The van der Waals surface area contributed by atoms with Gasteiger partial charge in [-0.1, -0.05) is 25.5 Å². The Morgan fingerprint density at radius 3 is 2.33 bits per heavy atom.